The third-order valence-electron chi connectivity index (χ3n) is 3.99. The Kier molecular flexibility index (Phi) is 6.62. The maximum absolute atomic E-state index is 13.1. The number of benzene rings is 1. The fraction of sp³-hybridized carbons (Fsp3) is 0.353. The smallest absolute Gasteiger partial charge is 0.227 e. The predicted octanol–water partition coefficient (Wildman–Crippen LogP) is 3.24. The summed E-state index contributed by atoms with van der Waals surface area (Å²) in [6.07, 6.45) is 2.24. The van der Waals surface area contributed by atoms with Crippen molar-refractivity contribution in [2.75, 3.05) is 18.5 Å². The number of anilines is 1. The second-order valence-electron chi connectivity index (χ2n) is 5.73. The van der Waals surface area contributed by atoms with Crippen LogP contribution < -0.4 is 10.2 Å². The van der Waals surface area contributed by atoms with Gasteiger partial charge in [-0.3, -0.25) is 4.79 Å². The summed E-state index contributed by atoms with van der Waals surface area (Å²) < 4.78 is 26.4. The molecule has 1 aromatic heterocycles. The minimum atomic E-state index is -3.64. The van der Waals surface area contributed by atoms with Crippen molar-refractivity contribution in [3.05, 3.63) is 41.3 Å². The van der Waals surface area contributed by atoms with Crippen molar-refractivity contribution in [2.45, 2.75) is 34.9 Å². The molecule has 1 aliphatic heterocycles. The van der Waals surface area contributed by atoms with E-state index >= 15 is 0 Å². The van der Waals surface area contributed by atoms with E-state index in [4.69, 9.17) is 0 Å². The molecular formula is C17H21ClN2O3S2. The minimum absolute atomic E-state index is 0. The lowest BCUT2D eigenvalue weighted by atomic mass is 10.1. The van der Waals surface area contributed by atoms with E-state index in [2.05, 4.69) is 5.32 Å². The van der Waals surface area contributed by atoms with E-state index in [9.17, 15) is 13.2 Å². The van der Waals surface area contributed by atoms with E-state index in [1.54, 1.807) is 35.2 Å². The number of nitrogens with one attached hydrogen (secondary N) is 1. The van der Waals surface area contributed by atoms with Crippen LogP contribution in [0.4, 0.5) is 5.69 Å². The van der Waals surface area contributed by atoms with Crippen LogP contribution in [0.25, 0.3) is 0 Å². The first kappa shape index (κ1) is 19.9. The molecule has 1 N–H and O–H groups in total. The summed E-state index contributed by atoms with van der Waals surface area (Å²) in [5.41, 5.74) is 0.527. The average molecular weight is 401 g/mol. The van der Waals surface area contributed by atoms with E-state index < -0.39 is 9.84 Å². The molecule has 2 heterocycles. The van der Waals surface area contributed by atoms with Crippen LogP contribution in [0.5, 0.6) is 0 Å². The van der Waals surface area contributed by atoms with Gasteiger partial charge >= 0.3 is 0 Å². The summed E-state index contributed by atoms with van der Waals surface area (Å²) in [6.45, 7) is 1.15. The topological polar surface area (TPSA) is 66.5 Å². The number of rotatable bonds is 5. The molecule has 0 spiro atoms. The maximum atomic E-state index is 13.1. The van der Waals surface area contributed by atoms with Crippen molar-refractivity contribution in [1.82, 2.24) is 5.32 Å². The number of halogens is 1. The lowest BCUT2D eigenvalue weighted by molar-refractivity contribution is -0.119. The second-order valence-corrected chi connectivity index (χ2v) is 9.02. The van der Waals surface area contributed by atoms with Gasteiger partial charge in [0.05, 0.1) is 10.6 Å². The maximum Gasteiger partial charge on any atom is 0.227 e. The van der Waals surface area contributed by atoms with Gasteiger partial charge in [-0.1, -0.05) is 18.2 Å². The first-order valence-corrected chi connectivity index (χ1v) is 10.2. The molecule has 1 aromatic carbocycles. The zero-order chi connectivity index (χ0) is 17.2. The normalized spacial score (nSPS) is 15.1. The first-order chi connectivity index (χ1) is 11.5. The Labute approximate surface area is 158 Å². The third kappa shape index (κ3) is 4.06. The van der Waals surface area contributed by atoms with Gasteiger partial charge in [0.15, 0.2) is 0 Å². The number of hydrogen-bond donors (Lipinski definition) is 1. The molecular weight excluding hydrogens is 380 g/mol. The lowest BCUT2D eigenvalue weighted by Crippen LogP contribution is -2.35. The van der Waals surface area contributed by atoms with Crippen molar-refractivity contribution in [3.8, 4) is 0 Å². The Bertz CT molecular complexity index is 835. The number of carbonyl (C=O) groups is 1. The molecule has 1 amide bonds. The molecule has 3 rings (SSSR count). The van der Waals surface area contributed by atoms with Crippen LogP contribution in [0, 0.1) is 0 Å². The van der Waals surface area contributed by atoms with Crippen LogP contribution in [0.3, 0.4) is 0 Å². The molecule has 1 saturated heterocycles. The van der Waals surface area contributed by atoms with Crippen molar-refractivity contribution >= 4 is 45.2 Å². The highest BCUT2D eigenvalue weighted by Crippen LogP contribution is 2.39. The van der Waals surface area contributed by atoms with Crippen molar-refractivity contribution < 1.29 is 13.2 Å². The zero-order valence-corrected chi connectivity index (χ0v) is 16.3. The molecule has 0 unspecified atom stereocenters. The Morgan fingerprint density at radius 3 is 2.56 bits per heavy atom. The number of piperidine rings is 1. The fourth-order valence-electron chi connectivity index (χ4n) is 2.82. The van der Waals surface area contributed by atoms with Gasteiger partial charge in [0.2, 0.25) is 15.7 Å². The minimum Gasteiger partial charge on any atom is -0.315 e. The van der Waals surface area contributed by atoms with Crippen molar-refractivity contribution in [3.63, 3.8) is 0 Å². The van der Waals surface area contributed by atoms with Crippen LogP contribution in [-0.2, 0) is 21.2 Å². The van der Waals surface area contributed by atoms with E-state index in [-0.39, 0.29) is 27.4 Å². The highest BCUT2D eigenvalue weighted by Gasteiger charge is 2.30. The third-order valence-corrected chi connectivity index (χ3v) is 7.41. The molecule has 0 radical (unpaired) electrons. The Morgan fingerprint density at radius 2 is 1.92 bits per heavy atom. The molecule has 0 bridgehead atoms. The van der Waals surface area contributed by atoms with Crippen LogP contribution in [0.1, 0.15) is 24.1 Å². The molecule has 25 heavy (non-hydrogen) atoms. The summed E-state index contributed by atoms with van der Waals surface area (Å²) in [4.78, 5) is 15.1. The summed E-state index contributed by atoms with van der Waals surface area (Å²) >= 11 is 1.24. The standard InChI is InChI=1S/C17H20N2O3S2.ClH/c1-18-12-13-11-15(19-10-6-5-9-16(19)20)17(23-13)24(21,22)14-7-3-2-4-8-14;/h2-4,7-8,11,18H,5-6,9-10,12H2,1H3;1H. The fourth-order valence-corrected chi connectivity index (χ4v) is 5.94. The van der Waals surface area contributed by atoms with Gasteiger partial charge in [-0.25, -0.2) is 8.42 Å². The molecule has 5 nitrogen and oxygen atoms in total. The van der Waals surface area contributed by atoms with Gasteiger partial charge in [0.1, 0.15) is 4.21 Å². The first-order valence-electron chi connectivity index (χ1n) is 7.92. The quantitative estimate of drug-likeness (QED) is 0.836. The van der Waals surface area contributed by atoms with Crippen molar-refractivity contribution in [1.29, 1.82) is 0 Å². The number of amides is 1. The average Bonchev–Trinajstić information content (AvgIpc) is 3.01. The van der Waals surface area contributed by atoms with Crippen LogP contribution >= 0.6 is 23.7 Å². The number of nitrogens with zero attached hydrogens (tertiary/aromatic N) is 1. The molecule has 2 aromatic rings. The van der Waals surface area contributed by atoms with E-state index in [1.165, 1.54) is 11.3 Å². The molecule has 8 heteroatoms. The Morgan fingerprint density at radius 1 is 1.20 bits per heavy atom. The van der Waals surface area contributed by atoms with Gasteiger partial charge in [-0.05, 0) is 38.1 Å². The Balaban J connectivity index is 0.00000225. The predicted molar refractivity (Wildman–Crippen MR) is 102 cm³/mol. The highest BCUT2D eigenvalue weighted by molar-refractivity contribution is 7.93. The number of thiophene rings is 1. The number of carbonyl (C=O) groups excluding carboxylic acids is 1. The van der Waals surface area contributed by atoms with E-state index in [1.807, 2.05) is 13.1 Å². The second kappa shape index (κ2) is 8.31. The van der Waals surface area contributed by atoms with Crippen LogP contribution in [-0.4, -0.2) is 27.9 Å². The van der Waals surface area contributed by atoms with Gasteiger partial charge in [-0.15, -0.1) is 23.7 Å². The van der Waals surface area contributed by atoms with Gasteiger partial charge < -0.3 is 10.2 Å². The lowest BCUT2D eigenvalue weighted by Gasteiger charge is -2.26. The van der Waals surface area contributed by atoms with Crippen LogP contribution in [0.15, 0.2) is 45.5 Å². The number of sulfone groups is 1. The zero-order valence-electron chi connectivity index (χ0n) is 13.9. The van der Waals surface area contributed by atoms with Crippen molar-refractivity contribution in [2.24, 2.45) is 0 Å². The number of hydrogen-bond acceptors (Lipinski definition) is 5. The largest absolute Gasteiger partial charge is 0.315 e. The molecule has 0 atom stereocenters. The molecule has 136 valence electrons. The van der Waals surface area contributed by atoms with Gasteiger partial charge in [0.25, 0.3) is 0 Å². The van der Waals surface area contributed by atoms with Crippen LogP contribution in [0.2, 0.25) is 0 Å². The molecule has 0 aliphatic carbocycles. The SMILES string of the molecule is CNCc1cc(N2CCCCC2=O)c(S(=O)(=O)c2ccccc2)s1.Cl. The monoisotopic (exact) mass is 400 g/mol. The highest BCUT2D eigenvalue weighted by atomic mass is 35.5. The molecule has 1 fully saturated rings. The summed E-state index contributed by atoms with van der Waals surface area (Å²) in [5, 5.41) is 3.04. The molecule has 0 saturated carbocycles. The Hall–Kier alpha value is -1.41. The van der Waals surface area contributed by atoms with E-state index in [0.717, 1.165) is 17.7 Å². The summed E-state index contributed by atoms with van der Waals surface area (Å²) in [5.74, 6) is -0.000399. The van der Waals surface area contributed by atoms with E-state index in [0.29, 0.717) is 25.2 Å². The van der Waals surface area contributed by atoms with Gasteiger partial charge in [-0.2, -0.15) is 0 Å². The molecule has 1 aliphatic rings. The van der Waals surface area contributed by atoms with Gasteiger partial charge in [0, 0.05) is 24.4 Å². The summed E-state index contributed by atoms with van der Waals surface area (Å²) in [6, 6.07) is 10.2. The summed E-state index contributed by atoms with van der Waals surface area (Å²) in [7, 11) is -1.83.